The zero-order valence-corrected chi connectivity index (χ0v) is 13.5. The third-order valence-corrected chi connectivity index (χ3v) is 3.74. The van der Waals surface area contributed by atoms with Crippen LogP contribution < -0.4 is 0 Å². The zero-order valence-electron chi connectivity index (χ0n) is 12.8. The highest BCUT2D eigenvalue weighted by Crippen LogP contribution is 2.20. The normalized spacial score (nSPS) is 10.9. The van der Waals surface area contributed by atoms with E-state index in [1.165, 1.54) is 4.90 Å². The molecule has 0 saturated heterocycles. The van der Waals surface area contributed by atoms with Crippen molar-refractivity contribution in [2.24, 2.45) is 0 Å². The van der Waals surface area contributed by atoms with Crippen molar-refractivity contribution < 1.29 is 9.21 Å². The molecule has 0 aliphatic carbocycles. The summed E-state index contributed by atoms with van der Waals surface area (Å²) < 4.78 is 7.01. The fraction of sp³-hybridized carbons (Fsp3) is 0.267. The number of carbonyl (C=O) groups is 1. The largest absolute Gasteiger partial charge is 0.463 e. The van der Waals surface area contributed by atoms with Gasteiger partial charge in [0.15, 0.2) is 11.5 Å². The number of aromatic amines is 1. The van der Waals surface area contributed by atoms with E-state index in [-0.39, 0.29) is 5.91 Å². The molecule has 0 spiro atoms. The summed E-state index contributed by atoms with van der Waals surface area (Å²) in [5.41, 5.74) is 1.62. The third kappa shape index (κ3) is 3.14. The molecular weight excluding hydrogens is 318 g/mol. The summed E-state index contributed by atoms with van der Waals surface area (Å²) in [6.07, 6.45) is 3.31. The van der Waals surface area contributed by atoms with Gasteiger partial charge in [-0.15, -0.1) is 0 Å². The van der Waals surface area contributed by atoms with Gasteiger partial charge < -0.3 is 9.32 Å². The summed E-state index contributed by atoms with van der Waals surface area (Å²) >= 11 is 6.13. The van der Waals surface area contributed by atoms with E-state index in [0.717, 1.165) is 6.54 Å². The molecule has 3 rings (SSSR count). The molecular formula is C15H16ClN5O2. The van der Waals surface area contributed by atoms with E-state index in [4.69, 9.17) is 16.0 Å². The van der Waals surface area contributed by atoms with Crippen LogP contribution in [0.15, 0.2) is 35.1 Å². The molecule has 0 unspecified atom stereocenters. The standard InChI is InChI=1S/C15H16ClN5O2/c1-3-21-8-10(16)13(19-21)9-20(2)15(22)12-7-11(17-18-12)14-5-4-6-23-14/h4-8H,3,9H2,1-2H3,(H,17,18). The molecule has 3 aromatic heterocycles. The van der Waals surface area contributed by atoms with Crippen molar-refractivity contribution >= 4 is 17.5 Å². The zero-order chi connectivity index (χ0) is 16.4. The highest BCUT2D eigenvalue weighted by molar-refractivity contribution is 6.31. The van der Waals surface area contributed by atoms with Gasteiger partial charge in [-0.2, -0.15) is 10.2 Å². The SMILES string of the molecule is CCn1cc(Cl)c(CN(C)C(=O)c2cc(-c3ccco3)[nH]n2)n1. The molecule has 3 aromatic rings. The number of hydrogen-bond acceptors (Lipinski definition) is 4. The minimum atomic E-state index is -0.221. The number of carbonyl (C=O) groups excluding carboxylic acids is 1. The van der Waals surface area contributed by atoms with E-state index in [9.17, 15) is 4.79 Å². The molecule has 8 heteroatoms. The number of furan rings is 1. The summed E-state index contributed by atoms with van der Waals surface area (Å²) in [7, 11) is 1.69. The molecule has 0 radical (unpaired) electrons. The lowest BCUT2D eigenvalue weighted by Gasteiger charge is -2.14. The molecule has 1 amide bonds. The van der Waals surface area contributed by atoms with Crippen LogP contribution in [0.25, 0.3) is 11.5 Å². The van der Waals surface area contributed by atoms with Gasteiger partial charge in [0.05, 0.1) is 17.8 Å². The molecule has 0 bridgehead atoms. The van der Waals surface area contributed by atoms with Gasteiger partial charge >= 0.3 is 0 Å². The molecule has 0 atom stereocenters. The van der Waals surface area contributed by atoms with E-state index in [1.807, 2.05) is 6.92 Å². The van der Waals surface area contributed by atoms with Gasteiger partial charge in [0.1, 0.15) is 11.4 Å². The summed E-state index contributed by atoms with van der Waals surface area (Å²) in [6.45, 7) is 3.01. The van der Waals surface area contributed by atoms with Crippen LogP contribution in [-0.2, 0) is 13.1 Å². The van der Waals surface area contributed by atoms with E-state index in [2.05, 4.69) is 15.3 Å². The minimum Gasteiger partial charge on any atom is -0.463 e. The maximum absolute atomic E-state index is 12.5. The lowest BCUT2D eigenvalue weighted by molar-refractivity contribution is 0.0777. The highest BCUT2D eigenvalue weighted by atomic mass is 35.5. The third-order valence-electron chi connectivity index (χ3n) is 3.43. The average Bonchev–Trinajstić information content (AvgIpc) is 3.27. The van der Waals surface area contributed by atoms with Crippen molar-refractivity contribution in [2.75, 3.05) is 7.05 Å². The number of nitrogens with zero attached hydrogens (tertiary/aromatic N) is 4. The Hall–Kier alpha value is -2.54. The number of H-pyrrole nitrogens is 1. The van der Waals surface area contributed by atoms with Crippen molar-refractivity contribution in [3.63, 3.8) is 0 Å². The van der Waals surface area contributed by atoms with Crippen LogP contribution in [0, 0.1) is 0 Å². The predicted molar refractivity (Wildman–Crippen MR) is 85.0 cm³/mol. The number of aromatic nitrogens is 4. The number of rotatable bonds is 5. The van der Waals surface area contributed by atoms with Crippen LogP contribution in [0.3, 0.4) is 0 Å². The quantitative estimate of drug-likeness (QED) is 0.778. The van der Waals surface area contributed by atoms with Gasteiger partial charge in [-0.05, 0) is 19.1 Å². The van der Waals surface area contributed by atoms with Crippen LogP contribution >= 0.6 is 11.6 Å². The lowest BCUT2D eigenvalue weighted by atomic mass is 10.3. The molecule has 120 valence electrons. The van der Waals surface area contributed by atoms with E-state index < -0.39 is 0 Å². The van der Waals surface area contributed by atoms with Crippen LogP contribution in [0.4, 0.5) is 0 Å². The molecule has 23 heavy (non-hydrogen) atoms. The summed E-state index contributed by atoms with van der Waals surface area (Å²) in [5.74, 6) is 0.408. The first-order valence-electron chi connectivity index (χ1n) is 7.15. The first kappa shape index (κ1) is 15.4. The highest BCUT2D eigenvalue weighted by Gasteiger charge is 2.19. The maximum atomic E-state index is 12.5. The Labute approximate surface area is 137 Å². The molecule has 0 aromatic carbocycles. The van der Waals surface area contributed by atoms with Crippen molar-refractivity contribution in [3.05, 3.63) is 47.1 Å². The lowest BCUT2D eigenvalue weighted by Crippen LogP contribution is -2.27. The van der Waals surface area contributed by atoms with Crippen LogP contribution in [-0.4, -0.2) is 37.8 Å². The van der Waals surface area contributed by atoms with E-state index >= 15 is 0 Å². The Morgan fingerprint density at radius 2 is 2.35 bits per heavy atom. The minimum absolute atomic E-state index is 0.221. The molecule has 7 nitrogen and oxygen atoms in total. The average molecular weight is 334 g/mol. The molecule has 1 N–H and O–H groups in total. The van der Waals surface area contributed by atoms with Crippen LogP contribution in [0.2, 0.25) is 5.02 Å². The predicted octanol–water partition coefficient (Wildman–Crippen LogP) is 2.81. The summed E-state index contributed by atoms with van der Waals surface area (Å²) in [4.78, 5) is 14.0. The van der Waals surface area contributed by atoms with Crippen LogP contribution in [0.5, 0.6) is 0 Å². The second kappa shape index (κ2) is 6.29. The Balaban J connectivity index is 1.73. The fourth-order valence-electron chi connectivity index (χ4n) is 2.19. The molecule has 0 saturated carbocycles. The Morgan fingerprint density at radius 1 is 1.52 bits per heavy atom. The second-order valence-corrected chi connectivity index (χ2v) is 5.49. The van der Waals surface area contributed by atoms with Crippen molar-refractivity contribution in [2.45, 2.75) is 20.0 Å². The monoisotopic (exact) mass is 333 g/mol. The Morgan fingerprint density at radius 3 is 3.00 bits per heavy atom. The van der Waals surface area contributed by atoms with Crippen molar-refractivity contribution in [1.82, 2.24) is 24.9 Å². The van der Waals surface area contributed by atoms with Gasteiger partial charge in [0.2, 0.25) is 0 Å². The van der Waals surface area contributed by atoms with Gasteiger partial charge in [-0.3, -0.25) is 14.6 Å². The molecule has 0 aliphatic heterocycles. The number of nitrogens with one attached hydrogen (secondary N) is 1. The van der Waals surface area contributed by atoms with Gasteiger partial charge in [-0.1, -0.05) is 11.6 Å². The second-order valence-electron chi connectivity index (χ2n) is 5.08. The maximum Gasteiger partial charge on any atom is 0.274 e. The molecule has 0 fully saturated rings. The first-order chi connectivity index (χ1) is 11.1. The first-order valence-corrected chi connectivity index (χ1v) is 7.53. The number of amides is 1. The number of hydrogen-bond donors (Lipinski definition) is 1. The summed E-state index contributed by atoms with van der Waals surface area (Å²) in [6, 6.07) is 5.22. The molecule has 3 heterocycles. The number of aryl methyl sites for hydroxylation is 1. The van der Waals surface area contributed by atoms with E-state index in [0.29, 0.717) is 34.4 Å². The summed E-state index contributed by atoms with van der Waals surface area (Å²) in [5, 5.41) is 11.7. The van der Waals surface area contributed by atoms with Gasteiger partial charge in [-0.25, -0.2) is 0 Å². The van der Waals surface area contributed by atoms with Crippen molar-refractivity contribution in [1.29, 1.82) is 0 Å². The van der Waals surface area contributed by atoms with Gasteiger partial charge in [0, 0.05) is 25.9 Å². The fourth-order valence-corrected chi connectivity index (χ4v) is 2.40. The smallest absolute Gasteiger partial charge is 0.274 e. The van der Waals surface area contributed by atoms with Crippen LogP contribution in [0.1, 0.15) is 23.1 Å². The topological polar surface area (TPSA) is 80.0 Å². The molecule has 0 aliphatic rings. The van der Waals surface area contributed by atoms with E-state index in [1.54, 1.807) is 42.4 Å². The number of halogens is 1. The Kier molecular flexibility index (Phi) is 4.20. The van der Waals surface area contributed by atoms with Gasteiger partial charge in [0.25, 0.3) is 5.91 Å². The van der Waals surface area contributed by atoms with Crippen molar-refractivity contribution in [3.8, 4) is 11.5 Å². The Bertz CT molecular complexity index is 806.